The largest absolute Gasteiger partial charge is 0.354 e. The van der Waals surface area contributed by atoms with Gasteiger partial charge in [-0.15, -0.1) is 0 Å². The third-order valence-electron chi connectivity index (χ3n) is 5.98. The molecule has 0 unspecified atom stereocenters. The number of fused-ring (bicyclic) bond motifs is 2. The number of nitrogens with zero attached hydrogens (tertiary/aromatic N) is 7. The smallest absolute Gasteiger partial charge is 0.194 e. The van der Waals surface area contributed by atoms with Crippen molar-refractivity contribution >= 4 is 45.4 Å². The molecule has 0 bridgehead atoms. The molecule has 1 atom stereocenters. The molecule has 0 N–H and O–H groups in total. The van der Waals surface area contributed by atoms with E-state index in [9.17, 15) is 0 Å². The van der Waals surface area contributed by atoms with Crippen LogP contribution in [0.25, 0.3) is 16.2 Å². The molecule has 1 fully saturated rings. The van der Waals surface area contributed by atoms with Crippen molar-refractivity contribution in [3.05, 3.63) is 41.5 Å². The topological polar surface area (TPSA) is 70.9 Å². The lowest BCUT2D eigenvalue weighted by Crippen LogP contribution is -2.32. The van der Waals surface area contributed by atoms with Gasteiger partial charge < -0.3 is 9.80 Å². The maximum absolute atomic E-state index is 6.80. The van der Waals surface area contributed by atoms with Crippen molar-refractivity contribution in [3.63, 3.8) is 0 Å². The molecule has 3 aromatic heterocycles. The fourth-order valence-electron chi connectivity index (χ4n) is 4.19. The average molecular weight is 454 g/mol. The number of rotatable bonds is 5. The molecule has 0 aromatic carbocycles. The van der Waals surface area contributed by atoms with E-state index >= 15 is 0 Å². The first-order valence-electron chi connectivity index (χ1n) is 10.5. The molecule has 4 heterocycles. The standard InChI is InChI=1S/C22H24ClN7S/c1-4-13-9-16-18(19(13)23)21(30-8-5-14(12-30)29(2)3)28-22(27-16)31-15-10-17-20(26-11-15)25-7-6-24-17/h6-7,10-11,14H,4-5,8-9,12H2,1-3H3/t14-/m1/s1. The third kappa shape index (κ3) is 3.88. The molecule has 7 nitrogen and oxygen atoms in total. The second-order valence-electron chi connectivity index (χ2n) is 8.12. The first-order valence-corrected chi connectivity index (χ1v) is 11.7. The molecule has 0 saturated carbocycles. The Morgan fingerprint density at radius 2 is 2.03 bits per heavy atom. The zero-order valence-electron chi connectivity index (χ0n) is 17.8. The molecule has 5 rings (SSSR count). The Hall–Kier alpha value is -2.29. The van der Waals surface area contributed by atoms with Gasteiger partial charge in [0.1, 0.15) is 11.3 Å². The molecule has 31 heavy (non-hydrogen) atoms. The first-order chi connectivity index (χ1) is 15.0. The molecular formula is C22H24ClN7S. The Morgan fingerprint density at radius 1 is 1.19 bits per heavy atom. The number of hydrogen-bond acceptors (Lipinski definition) is 8. The van der Waals surface area contributed by atoms with Gasteiger partial charge in [0.25, 0.3) is 0 Å². The monoisotopic (exact) mass is 453 g/mol. The summed E-state index contributed by atoms with van der Waals surface area (Å²) in [6, 6.07) is 2.50. The van der Waals surface area contributed by atoms with Gasteiger partial charge in [-0.05, 0) is 50.3 Å². The van der Waals surface area contributed by atoms with Gasteiger partial charge in [0.05, 0.1) is 16.3 Å². The lowest BCUT2D eigenvalue weighted by atomic mass is 10.2. The van der Waals surface area contributed by atoms with E-state index in [2.05, 4.69) is 45.8 Å². The summed E-state index contributed by atoms with van der Waals surface area (Å²) in [6.07, 6.45) is 7.96. The minimum atomic E-state index is 0.514. The van der Waals surface area contributed by atoms with Gasteiger partial charge in [-0.2, -0.15) is 0 Å². The highest BCUT2D eigenvalue weighted by atomic mass is 35.5. The number of pyridine rings is 1. The maximum Gasteiger partial charge on any atom is 0.194 e. The SMILES string of the molecule is CCC1=C(Cl)c2c(nc(Sc3cnc4nccnc4c3)nc2N2CC[C@@H](N(C)C)C2)C1. The Balaban J connectivity index is 1.52. The van der Waals surface area contributed by atoms with Crippen molar-refractivity contribution in [2.75, 3.05) is 32.1 Å². The molecule has 3 aromatic rings. The van der Waals surface area contributed by atoms with Crippen molar-refractivity contribution in [2.45, 2.75) is 42.3 Å². The van der Waals surface area contributed by atoms with Crippen LogP contribution in [0.15, 0.2) is 40.3 Å². The van der Waals surface area contributed by atoms with Gasteiger partial charge in [-0.25, -0.2) is 19.9 Å². The molecular weight excluding hydrogens is 430 g/mol. The maximum atomic E-state index is 6.80. The van der Waals surface area contributed by atoms with Gasteiger partial charge in [0, 0.05) is 49.0 Å². The zero-order valence-corrected chi connectivity index (χ0v) is 19.4. The number of likely N-dealkylation sites (N-methyl/N-ethyl adjacent to an activating group) is 1. The Kier molecular flexibility index (Phi) is 5.54. The zero-order chi connectivity index (χ0) is 21.5. The van der Waals surface area contributed by atoms with E-state index in [1.54, 1.807) is 18.6 Å². The van der Waals surface area contributed by atoms with E-state index in [1.165, 1.54) is 17.3 Å². The molecule has 2 aliphatic rings. The molecule has 160 valence electrons. The molecule has 0 amide bonds. The summed E-state index contributed by atoms with van der Waals surface area (Å²) in [5.41, 5.74) is 4.68. The minimum Gasteiger partial charge on any atom is -0.354 e. The van der Waals surface area contributed by atoms with Gasteiger partial charge in [0.15, 0.2) is 10.8 Å². The highest BCUT2D eigenvalue weighted by molar-refractivity contribution is 7.99. The van der Waals surface area contributed by atoms with Crippen molar-refractivity contribution < 1.29 is 0 Å². The van der Waals surface area contributed by atoms with Crippen LogP contribution in [-0.4, -0.2) is 63.0 Å². The summed E-state index contributed by atoms with van der Waals surface area (Å²) >= 11 is 8.31. The van der Waals surface area contributed by atoms with E-state index in [0.717, 1.165) is 64.9 Å². The van der Waals surface area contributed by atoms with E-state index < -0.39 is 0 Å². The molecule has 1 saturated heterocycles. The molecule has 1 aliphatic carbocycles. The van der Waals surface area contributed by atoms with Crippen LogP contribution in [0, 0.1) is 0 Å². The van der Waals surface area contributed by atoms with Crippen LogP contribution in [0.2, 0.25) is 0 Å². The van der Waals surface area contributed by atoms with Gasteiger partial charge >= 0.3 is 0 Å². The van der Waals surface area contributed by atoms with E-state index in [-0.39, 0.29) is 0 Å². The quantitative estimate of drug-likeness (QED) is 0.536. The van der Waals surface area contributed by atoms with E-state index in [4.69, 9.17) is 21.6 Å². The van der Waals surface area contributed by atoms with Crippen molar-refractivity contribution in [1.29, 1.82) is 0 Å². The average Bonchev–Trinajstić information content (AvgIpc) is 3.38. The first kappa shape index (κ1) is 20.6. The van der Waals surface area contributed by atoms with Crippen molar-refractivity contribution in [1.82, 2.24) is 29.8 Å². The van der Waals surface area contributed by atoms with E-state index in [0.29, 0.717) is 16.8 Å². The second-order valence-corrected chi connectivity index (χ2v) is 9.54. The molecule has 1 aliphatic heterocycles. The lowest BCUT2D eigenvalue weighted by molar-refractivity contribution is 0.315. The Bertz CT molecular complexity index is 1180. The Labute approximate surface area is 191 Å². The van der Waals surface area contributed by atoms with Crippen LogP contribution in [0.5, 0.6) is 0 Å². The van der Waals surface area contributed by atoms with Crippen LogP contribution >= 0.6 is 23.4 Å². The van der Waals surface area contributed by atoms with Gasteiger partial charge in [0.2, 0.25) is 0 Å². The fourth-order valence-corrected chi connectivity index (χ4v) is 5.36. The number of aromatic nitrogens is 5. The third-order valence-corrected chi connectivity index (χ3v) is 7.26. The highest BCUT2D eigenvalue weighted by Crippen LogP contribution is 2.43. The van der Waals surface area contributed by atoms with Gasteiger partial charge in [-0.3, -0.25) is 4.98 Å². The summed E-state index contributed by atoms with van der Waals surface area (Å²) < 4.78 is 0. The van der Waals surface area contributed by atoms with Crippen molar-refractivity contribution in [3.8, 4) is 0 Å². The predicted molar refractivity (Wildman–Crippen MR) is 125 cm³/mol. The molecule has 0 radical (unpaired) electrons. The molecule has 0 spiro atoms. The molecule has 9 heteroatoms. The lowest BCUT2D eigenvalue weighted by Gasteiger charge is -2.23. The van der Waals surface area contributed by atoms with Crippen LogP contribution in [-0.2, 0) is 6.42 Å². The Morgan fingerprint density at radius 3 is 2.81 bits per heavy atom. The number of halogens is 1. The minimum absolute atomic E-state index is 0.514. The predicted octanol–water partition coefficient (Wildman–Crippen LogP) is 4.02. The summed E-state index contributed by atoms with van der Waals surface area (Å²) in [4.78, 5) is 28.5. The van der Waals surface area contributed by atoms with Crippen LogP contribution < -0.4 is 4.90 Å². The summed E-state index contributed by atoms with van der Waals surface area (Å²) in [6.45, 7) is 4.06. The van der Waals surface area contributed by atoms with Crippen LogP contribution in [0.1, 0.15) is 31.0 Å². The van der Waals surface area contributed by atoms with E-state index in [1.807, 2.05) is 6.07 Å². The summed E-state index contributed by atoms with van der Waals surface area (Å²) in [5.74, 6) is 0.957. The number of allylic oxidation sites excluding steroid dienone is 1. The number of hydrogen-bond donors (Lipinski definition) is 0. The van der Waals surface area contributed by atoms with Gasteiger partial charge in [-0.1, -0.05) is 18.5 Å². The normalized spacial score (nSPS) is 18.5. The number of anilines is 1. The van der Waals surface area contributed by atoms with Crippen molar-refractivity contribution in [2.24, 2.45) is 0 Å². The van der Waals surface area contributed by atoms with Crippen LogP contribution in [0.3, 0.4) is 0 Å². The highest BCUT2D eigenvalue weighted by Gasteiger charge is 2.32. The second kappa shape index (κ2) is 8.33. The summed E-state index contributed by atoms with van der Waals surface area (Å²) in [5, 5.41) is 1.55. The van der Waals surface area contributed by atoms with Crippen LogP contribution in [0.4, 0.5) is 5.82 Å². The fraction of sp³-hybridized carbons (Fsp3) is 0.409. The summed E-state index contributed by atoms with van der Waals surface area (Å²) in [7, 11) is 4.27.